The quantitative estimate of drug-likeness (QED) is 0.573. The summed E-state index contributed by atoms with van der Waals surface area (Å²) in [6, 6.07) is 10.8. The number of rotatable bonds is 6. The van der Waals surface area contributed by atoms with Crippen molar-refractivity contribution in [3.63, 3.8) is 0 Å². The first kappa shape index (κ1) is 20.3. The summed E-state index contributed by atoms with van der Waals surface area (Å²) in [5.74, 6) is 0.668. The van der Waals surface area contributed by atoms with Crippen molar-refractivity contribution in [1.29, 1.82) is 0 Å². The molecule has 1 heterocycles. The number of nitro groups is 1. The van der Waals surface area contributed by atoms with Crippen molar-refractivity contribution < 1.29 is 18.1 Å². The van der Waals surface area contributed by atoms with Crippen LogP contribution in [0.15, 0.2) is 47.4 Å². The van der Waals surface area contributed by atoms with Crippen molar-refractivity contribution in [2.45, 2.75) is 56.6 Å². The SMILES string of the molecule is CCC1(CC)C[C@H](NS(=O)(=O)c2cc([N+](=O)[O-])ccc2C)c2ccccc2O1. The van der Waals surface area contributed by atoms with Gasteiger partial charge in [0.2, 0.25) is 10.0 Å². The second kappa shape index (κ2) is 7.52. The van der Waals surface area contributed by atoms with Crippen LogP contribution in [0, 0.1) is 17.0 Å². The largest absolute Gasteiger partial charge is 0.487 e. The van der Waals surface area contributed by atoms with E-state index in [4.69, 9.17) is 4.74 Å². The minimum Gasteiger partial charge on any atom is -0.487 e. The zero-order valence-electron chi connectivity index (χ0n) is 16.1. The fourth-order valence-electron chi connectivity index (χ4n) is 3.65. The molecule has 8 heteroatoms. The van der Waals surface area contributed by atoms with E-state index in [9.17, 15) is 18.5 Å². The second-order valence-corrected chi connectivity index (χ2v) is 8.80. The van der Waals surface area contributed by atoms with Crippen LogP contribution in [0.3, 0.4) is 0 Å². The first-order chi connectivity index (χ1) is 13.2. The monoisotopic (exact) mass is 404 g/mol. The summed E-state index contributed by atoms with van der Waals surface area (Å²) in [5, 5.41) is 11.1. The molecule has 0 bridgehead atoms. The van der Waals surface area contributed by atoms with Gasteiger partial charge in [0.25, 0.3) is 5.69 Å². The number of nitrogens with zero attached hydrogens (tertiary/aromatic N) is 1. The molecule has 28 heavy (non-hydrogen) atoms. The average Bonchev–Trinajstić information content (AvgIpc) is 2.67. The van der Waals surface area contributed by atoms with Crippen molar-refractivity contribution in [3.8, 4) is 5.75 Å². The molecule has 0 aliphatic carbocycles. The smallest absolute Gasteiger partial charge is 0.270 e. The zero-order valence-corrected chi connectivity index (χ0v) is 17.0. The van der Waals surface area contributed by atoms with Gasteiger partial charge in [0, 0.05) is 24.1 Å². The highest BCUT2D eigenvalue weighted by atomic mass is 32.2. The van der Waals surface area contributed by atoms with Crippen LogP contribution in [0.4, 0.5) is 5.69 Å². The third kappa shape index (κ3) is 3.74. The van der Waals surface area contributed by atoms with E-state index in [0.717, 1.165) is 24.5 Å². The lowest BCUT2D eigenvalue weighted by Crippen LogP contribution is -2.44. The maximum absolute atomic E-state index is 13.1. The number of nitrogens with one attached hydrogen (secondary N) is 1. The highest BCUT2D eigenvalue weighted by Gasteiger charge is 2.40. The summed E-state index contributed by atoms with van der Waals surface area (Å²) in [4.78, 5) is 10.4. The fourth-order valence-corrected chi connectivity index (χ4v) is 5.13. The Bertz CT molecular complexity index is 999. The van der Waals surface area contributed by atoms with Crippen LogP contribution in [0.5, 0.6) is 5.75 Å². The van der Waals surface area contributed by atoms with Crippen LogP contribution in [-0.4, -0.2) is 18.9 Å². The molecule has 0 aromatic heterocycles. The molecule has 0 amide bonds. The van der Waals surface area contributed by atoms with E-state index in [0.29, 0.717) is 17.7 Å². The minimum absolute atomic E-state index is 0.0794. The van der Waals surface area contributed by atoms with Gasteiger partial charge >= 0.3 is 0 Å². The Kier molecular flexibility index (Phi) is 5.45. The van der Waals surface area contributed by atoms with Gasteiger partial charge in [-0.2, -0.15) is 0 Å². The maximum Gasteiger partial charge on any atom is 0.270 e. The summed E-state index contributed by atoms with van der Waals surface area (Å²) in [7, 11) is -3.97. The molecule has 1 N–H and O–H groups in total. The van der Waals surface area contributed by atoms with Crippen LogP contribution in [0.25, 0.3) is 0 Å². The average molecular weight is 404 g/mol. The van der Waals surface area contributed by atoms with E-state index in [2.05, 4.69) is 4.72 Å². The second-order valence-electron chi connectivity index (χ2n) is 7.11. The number of fused-ring (bicyclic) bond motifs is 1. The van der Waals surface area contributed by atoms with Gasteiger partial charge in [-0.05, 0) is 31.4 Å². The summed E-state index contributed by atoms with van der Waals surface area (Å²) in [5.41, 5.74) is 0.511. The molecule has 3 rings (SSSR count). The first-order valence-corrected chi connectivity index (χ1v) is 10.7. The number of non-ortho nitro benzene ring substituents is 1. The lowest BCUT2D eigenvalue weighted by atomic mass is 9.84. The number of benzene rings is 2. The molecule has 150 valence electrons. The van der Waals surface area contributed by atoms with E-state index in [-0.39, 0.29) is 10.6 Å². The Morgan fingerprint density at radius 2 is 1.89 bits per heavy atom. The fraction of sp³-hybridized carbons (Fsp3) is 0.400. The van der Waals surface area contributed by atoms with E-state index in [1.165, 1.54) is 12.1 Å². The van der Waals surface area contributed by atoms with Gasteiger partial charge in [-0.25, -0.2) is 13.1 Å². The predicted octanol–water partition coefficient (Wildman–Crippen LogP) is 4.26. The molecular weight excluding hydrogens is 380 g/mol. The van der Waals surface area contributed by atoms with Crippen LogP contribution >= 0.6 is 0 Å². The summed E-state index contributed by atoms with van der Waals surface area (Å²) < 4.78 is 35.2. The number of hydrogen-bond donors (Lipinski definition) is 1. The number of para-hydroxylation sites is 1. The number of aryl methyl sites for hydroxylation is 1. The van der Waals surface area contributed by atoms with Gasteiger partial charge in [-0.1, -0.05) is 38.1 Å². The van der Waals surface area contributed by atoms with Gasteiger partial charge in [0.15, 0.2) is 0 Å². The van der Waals surface area contributed by atoms with Crippen LogP contribution in [-0.2, 0) is 10.0 Å². The van der Waals surface area contributed by atoms with Gasteiger partial charge < -0.3 is 4.74 Å². The normalized spacial score (nSPS) is 18.2. The predicted molar refractivity (Wildman–Crippen MR) is 106 cm³/mol. The molecule has 1 atom stereocenters. The van der Waals surface area contributed by atoms with E-state index in [1.807, 2.05) is 38.1 Å². The number of nitro benzene ring substituents is 1. The molecule has 0 spiro atoms. The van der Waals surface area contributed by atoms with Gasteiger partial charge in [0.05, 0.1) is 15.9 Å². The molecule has 2 aromatic rings. The van der Waals surface area contributed by atoms with Crippen molar-refractivity contribution in [1.82, 2.24) is 4.72 Å². The summed E-state index contributed by atoms with van der Waals surface area (Å²) in [6.07, 6.45) is 1.97. The third-order valence-corrected chi connectivity index (χ3v) is 7.07. The van der Waals surface area contributed by atoms with Gasteiger partial charge in [0.1, 0.15) is 11.4 Å². The van der Waals surface area contributed by atoms with Crippen molar-refractivity contribution >= 4 is 15.7 Å². The Hall–Kier alpha value is -2.45. The van der Waals surface area contributed by atoms with E-state index < -0.39 is 26.6 Å². The van der Waals surface area contributed by atoms with Gasteiger partial charge in [-0.15, -0.1) is 0 Å². The Morgan fingerprint density at radius 1 is 1.21 bits per heavy atom. The third-order valence-electron chi connectivity index (χ3n) is 5.46. The number of hydrogen-bond acceptors (Lipinski definition) is 5. The molecule has 1 aliphatic rings. The lowest BCUT2D eigenvalue weighted by molar-refractivity contribution is -0.385. The number of ether oxygens (including phenoxy) is 1. The Morgan fingerprint density at radius 3 is 2.54 bits per heavy atom. The molecule has 7 nitrogen and oxygen atoms in total. The molecular formula is C20H24N2O5S. The highest BCUT2D eigenvalue weighted by Crippen LogP contribution is 2.43. The summed E-state index contributed by atoms with van der Waals surface area (Å²) >= 11 is 0. The van der Waals surface area contributed by atoms with Crippen molar-refractivity contribution in [2.24, 2.45) is 0 Å². The Labute approximate surface area is 164 Å². The standard InChI is InChI=1S/C20H24N2O5S/c1-4-20(5-2)13-17(16-8-6-7-9-18(16)27-20)21-28(25,26)19-12-15(22(23)24)11-10-14(19)3/h6-12,17,21H,4-5,13H2,1-3H3/t17-/m0/s1. The molecule has 1 aliphatic heterocycles. The minimum atomic E-state index is -3.97. The highest BCUT2D eigenvalue weighted by molar-refractivity contribution is 7.89. The van der Waals surface area contributed by atoms with E-state index in [1.54, 1.807) is 6.92 Å². The molecule has 0 saturated carbocycles. The zero-order chi connectivity index (χ0) is 20.5. The first-order valence-electron chi connectivity index (χ1n) is 9.26. The Balaban J connectivity index is 2.02. The lowest BCUT2D eigenvalue weighted by Gasteiger charge is -2.41. The maximum atomic E-state index is 13.1. The van der Waals surface area contributed by atoms with Crippen LogP contribution in [0.2, 0.25) is 0 Å². The molecule has 0 unspecified atom stereocenters. The molecule has 0 fully saturated rings. The molecule has 0 radical (unpaired) electrons. The summed E-state index contributed by atoms with van der Waals surface area (Å²) in [6.45, 7) is 5.67. The van der Waals surface area contributed by atoms with Crippen molar-refractivity contribution in [3.05, 3.63) is 63.7 Å². The van der Waals surface area contributed by atoms with Crippen LogP contribution < -0.4 is 9.46 Å². The van der Waals surface area contributed by atoms with Gasteiger partial charge in [-0.3, -0.25) is 10.1 Å². The molecule has 0 saturated heterocycles. The molecule has 2 aromatic carbocycles. The van der Waals surface area contributed by atoms with Crippen LogP contribution in [0.1, 0.15) is 50.3 Å². The van der Waals surface area contributed by atoms with Crippen molar-refractivity contribution in [2.75, 3.05) is 0 Å². The topological polar surface area (TPSA) is 98.5 Å². The van der Waals surface area contributed by atoms with E-state index >= 15 is 0 Å². The number of sulfonamides is 1.